The smallest absolute Gasteiger partial charge is 0.0983 e. The van der Waals surface area contributed by atoms with Crippen LogP contribution in [0.1, 0.15) is 83.0 Å². The van der Waals surface area contributed by atoms with Gasteiger partial charge in [0, 0.05) is 10.8 Å². The lowest BCUT2D eigenvalue weighted by Gasteiger charge is -2.14. The molecule has 0 saturated carbocycles. The van der Waals surface area contributed by atoms with Crippen LogP contribution in [0.25, 0.3) is 0 Å². The summed E-state index contributed by atoms with van der Waals surface area (Å²) in [5.41, 5.74) is 0.949. The van der Waals surface area contributed by atoms with Gasteiger partial charge in [-0.05, 0) is 6.42 Å². The average molecular weight is 269 g/mol. The maximum atomic E-state index is 10.1. The van der Waals surface area contributed by atoms with Gasteiger partial charge in [0.05, 0.1) is 16.8 Å². The lowest BCUT2D eigenvalue weighted by atomic mass is 9.98. The molecule has 0 spiro atoms. The lowest BCUT2D eigenvalue weighted by Crippen LogP contribution is -2.11. The molecule has 0 aliphatic rings. The van der Waals surface area contributed by atoms with Crippen LogP contribution in [0.15, 0.2) is 5.38 Å². The molecule has 0 aliphatic carbocycles. The quantitative estimate of drug-likeness (QED) is 0.719. The maximum absolute atomic E-state index is 10.1. The van der Waals surface area contributed by atoms with Crippen molar-refractivity contribution >= 4 is 11.3 Å². The molecule has 104 valence electrons. The highest BCUT2D eigenvalue weighted by Crippen LogP contribution is 2.29. The van der Waals surface area contributed by atoms with Crippen molar-refractivity contribution in [1.82, 2.24) is 4.98 Å². The molecule has 0 bridgehead atoms. The lowest BCUT2D eigenvalue weighted by molar-refractivity contribution is 0.159. The molecule has 0 aliphatic heterocycles. The minimum atomic E-state index is -0.376. The zero-order chi connectivity index (χ0) is 13.6. The molecule has 0 saturated heterocycles. The predicted octanol–water partition coefficient (Wildman–Crippen LogP) is 4.83. The first kappa shape index (κ1) is 15.6. The number of nitrogens with zero attached hydrogens (tertiary/aromatic N) is 1. The van der Waals surface area contributed by atoms with E-state index >= 15 is 0 Å². The Morgan fingerprint density at radius 2 is 1.89 bits per heavy atom. The van der Waals surface area contributed by atoms with E-state index in [-0.39, 0.29) is 11.5 Å². The minimum Gasteiger partial charge on any atom is -0.387 e. The van der Waals surface area contributed by atoms with E-state index in [1.807, 2.05) is 5.38 Å². The largest absolute Gasteiger partial charge is 0.387 e. The van der Waals surface area contributed by atoms with Gasteiger partial charge in [0.25, 0.3) is 0 Å². The number of aromatic nitrogens is 1. The van der Waals surface area contributed by atoms with Crippen molar-refractivity contribution in [3.63, 3.8) is 0 Å². The summed E-state index contributed by atoms with van der Waals surface area (Å²) in [6.07, 6.45) is 6.65. The van der Waals surface area contributed by atoms with Crippen LogP contribution in [0.2, 0.25) is 0 Å². The van der Waals surface area contributed by atoms with E-state index in [2.05, 4.69) is 32.7 Å². The van der Waals surface area contributed by atoms with Crippen LogP contribution in [0.5, 0.6) is 0 Å². The zero-order valence-corrected chi connectivity index (χ0v) is 13.0. The van der Waals surface area contributed by atoms with Crippen LogP contribution in [0.3, 0.4) is 0 Å². The molecule has 1 atom stereocenters. The highest BCUT2D eigenvalue weighted by molar-refractivity contribution is 7.09. The van der Waals surface area contributed by atoms with Crippen LogP contribution in [0, 0.1) is 0 Å². The first-order chi connectivity index (χ1) is 8.45. The number of unbranched alkanes of at least 4 members (excludes halogenated alkanes) is 4. The molecule has 2 nitrogen and oxygen atoms in total. The van der Waals surface area contributed by atoms with E-state index in [1.165, 1.54) is 25.7 Å². The Morgan fingerprint density at radius 1 is 1.22 bits per heavy atom. The molecule has 0 amide bonds. The molecule has 1 unspecified atom stereocenters. The molecule has 18 heavy (non-hydrogen) atoms. The van der Waals surface area contributed by atoms with Crippen molar-refractivity contribution in [2.45, 2.75) is 77.7 Å². The summed E-state index contributed by atoms with van der Waals surface area (Å²) in [7, 11) is 0. The Morgan fingerprint density at radius 3 is 2.44 bits per heavy atom. The van der Waals surface area contributed by atoms with Gasteiger partial charge in [-0.2, -0.15) is 0 Å². The number of rotatable bonds is 7. The van der Waals surface area contributed by atoms with Crippen molar-refractivity contribution < 1.29 is 5.11 Å². The molecular weight excluding hydrogens is 242 g/mol. The Bertz CT molecular complexity index is 341. The van der Waals surface area contributed by atoms with Gasteiger partial charge in [-0.25, -0.2) is 4.98 Å². The molecule has 0 aromatic carbocycles. The first-order valence-electron chi connectivity index (χ1n) is 7.09. The fourth-order valence-corrected chi connectivity index (χ4v) is 2.83. The monoisotopic (exact) mass is 269 g/mol. The third-order valence-electron chi connectivity index (χ3n) is 3.09. The standard InChI is InChI=1S/C15H27NOS/c1-5-6-7-8-9-10-13(17)12-11-18-14(16-12)15(2,3)4/h11,13,17H,5-10H2,1-4H3. The normalized spacial score (nSPS) is 13.8. The number of thiazole rings is 1. The molecule has 1 heterocycles. The summed E-state index contributed by atoms with van der Waals surface area (Å²) >= 11 is 1.66. The Hall–Kier alpha value is -0.410. The van der Waals surface area contributed by atoms with E-state index in [0.717, 1.165) is 23.5 Å². The topological polar surface area (TPSA) is 33.1 Å². The highest BCUT2D eigenvalue weighted by Gasteiger charge is 2.20. The van der Waals surface area contributed by atoms with Crippen molar-refractivity contribution in [3.8, 4) is 0 Å². The molecule has 1 aromatic rings. The first-order valence-corrected chi connectivity index (χ1v) is 7.97. The van der Waals surface area contributed by atoms with E-state index < -0.39 is 0 Å². The van der Waals surface area contributed by atoms with E-state index in [4.69, 9.17) is 0 Å². The Kier molecular flexibility index (Phi) is 6.30. The van der Waals surface area contributed by atoms with E-state index in [9.17, 15) is 5.11 Å². The van der Waals surface area contributed by atoms with Gasteiger partial charge in [0.15, 0.2) is 0 Å². The molecule has 1 rings (SSSR count). The van der Waals surface area contributed by atoms with Gasteiger partial charge in [-0.3, -0.25) is 0 Å². The van der Waals surface area contributed by atoms with Gasteiger partial charge < -0.3 is 5.11 Å². The van der Waals surface area contributed by atoms with Gasteiger partial charge >= 0.3 is 0 Å². The number of aliphatic hydroxyl groups excluding tert-OH is 1. The SMILES string of the molecule is CCCCCCCC(O)c1csc(C(C)(C)C)n1. The third kappa shape index (κ3) is 5.07. The average Bonchev–Trinajstić information content (AvgIpc) is 2.77. The second-order valence-electron chi connectivity index (χ2n) is 6.05. The van der Waals surface area contributed by atoms with Gasteiger partial charge in [-0.1, -0.05) is 59.8 Å². The highest BCUT2D eigenvalue weighted by atomic mass is 32.1. The Labute approximate surface area is 115 Å². The second kappa shape index (κ2) is 7.25. The van der Waals surface area contributed by atoms with Gasteiger partial charge in [0.1, 0.15) is 0 Å². The fourth-order valence-electron chi connectivity index (χ4n) is 1.87. The summed E-state index contributed by atoms with van der Waals surface area (Å²) in [6.45, 7) is 8.70. The van der Waals surface area contributed by atoms with E-state index in [1.54, 1.807) is 11.3 Å². The summed E-state index contributed by atoms with van der Waals surface area (Å²) in [5.74, 6) is 0. The summed E-state index contributed by atoms with van der Waals surface area (Å²) < 4.78 is 0. The summed E-state index contributed by atoms with van der Waals surface area (Å²) in [5, 5.41) is 13.2. The van der Waals surface area contributed by atoms with E-state index in [0.29, 0.717) is 0 Å². The fraction of sp³-hybridized carbons (Fsp3) is 0.800. The minimum absolute atomic E-state index is 0.0871. The van der Waals surface area contributed by atoms with Crippen molar-refractivity contribution in [1.29, 1.82) is 0 Å². The maximum Gasteiger partial charge on any atom is 0.0983 e. The predicted molar refractivity (Wildman–Crippen MR) is 79.1 cm³/mol. The third-order valence-corrected chi connectivity index (χ3v) is 4.37. The summed E-state index contributed by atoms with van der Waals surface area (Å²) in [6, 6.07) is 0. The van der Waals surface area contributed by atoms with Crippen LogP contribution < -0.4 is 0 Å². The van der Waals surface area contributed by atoms with Crippen molar-refractivity contribution in [2.75, 3.05) is 0 Å². The second-order valence-corrected chi connectivity index (χ2v) is 6.90. The summed E-state index contributed by atoms with van der Waals surface area (Å²) in [4.78, 5) is 4.57. The molecule has 0 fully saturated rings. The number of hydrogen-bond acceptors (Lipinski definition) is 3. The molecular formula is C15H27NOS. The van der Waals surface area contributed by atoms with Crippen molar-refractivity contribution in [3.05, 3.63) is 16.1 Å². The molecule has 3 heteroatoms. The van der Waals surface area contributed by atoms with Crippen LogP contribution >= 0.6 is 11.3 Å². The number of aliphatic hydroxyl groups is 1. The molecule has 1 aromatic heterocycles. The molecule has 0 radical (unpaired) electrons. The molecule has 1 N–H and O–H groups in total. The van der Waals surface area contributed by atoms with Crippen LogP contribution in [-0.2, 0) is 5.41 Å². The Balaban J connectivity index is 2.37. The zero-order valence-electron chi connectivity index (χ0n) is 12.2. The van der Waals surface area contributed by atoms with Gasteiger partial charge in [0.2, 0.25) is 0 Å². The van der Waals surface area contributed by atoms with Crippen molar-refractivity contribution in [2.24, 2.45) is 0 Å². The van der Waals surface area contributed by atoms with Crippen LogP contribution in [-0.4, -0.2) is 10.1 Å². The number of hydrogen-bond donors (Lipinski definition) is 1. The van der Waals surface area contributed by atoms with Gasteiger partial charge in [-0.15, -0.1) is 11.3 Å². The van der Waals surface area contributed by atoms with Crippen LogP contribution in [0.4, 0.5) is 0 Å².